The molecule has 1 aromatic heterocycles. The molecular weight excluding hydrogens is 353 g/mol. The molecule has 0 saturated heterocycles. The van der Waals surface area contributed by atoms with Crippen molar-refractivity contribution in [2.75, 3.05) is 11.9 Å². The van der Waals surface area contributed by atoms with Crippen LogP contribution in [0, 0.1) is 11.2 Å². The van der Waals surface area contributed by atoms with Crippen LogP contribution in [0.5, 0.6) is 0 Å². The van der Waals surface area contributed by atoms with E-state index in [9.17, 15) is 9.18 Å². The Kier molecular flexibility index (Phi) is 5.14. The van der Waals surface area contributed by atoms with Crippen LogP contribution >= 0.6 is 11.3 Å². The van der Waals surface area contributed by atoms with Crippen LogP contribution in [-0.4, -0.2) is 29.1 Å². The summed E-state index contributed by atoms with van der Waals surface area (Å²) in [6, 6.07) is 6.64. The summed E-state index contributed by atoms with van der Waals surface area (Å²) < 4.78 is 19.4. The maximum Gasteiger partial charge on any atom is 0.246 e. The third-order valence-electron chi connectivity index (χ3n) is 5.33. The Morgan fingerprint density at radius 1 is 1.46 bits per heavy atom. The molecule has 140 valence electrons. The van der Waals surface area contributed by atoms with Crippen molar-refractivity contribution in [2.24, 2.45) is 11.1 Å². The molecule has 2 aromatic rings. The molecule has 2 unspecified atom stereocenters. The van der Waals surface area contributed by atoms with Gasteiger partial charge in [0.1, 0.15) is 11.4 Å². The van der Waals surface area contributed by atoms with E-state index in [2.05, 4.69) is 10.3 Å². The first-order valence-electron chi connectivity index (χ1n) is 8.68. The van der Waals surface area contributed by atoms with Gasteiger partial charge < -0.3 is 15.8 Å². The molecule has 3 N–H and O–H groups in total. The number of nitrogens with zero attached hydrogens (tertiary/aromatic N) is 1. The maximum absolute atomic E-state index is 13.8. The van der Waals surface area contributed by atoms with Gasteiger partial charge in [0, 0.05) is 35.9 Å². The normalized spacial score (nSPS) is 24.1. The lowest BCUT2D eigenvalue weighted by molar-refractivity contribution is -0.166. The van der Waals surface area contributed by atoms with Crippen molar-refractivity contribution >= 4 is 22.4 Å². The van der Waals surface area contributed by atoms with E-state index in [0.717, 1.165) is 4.88 Å². The van der Waals surface area contributed by atoms with Crippen LogP contribution in [-0.2, 0) is 16.0 Å². The molecule has 0 spiro atoms. The zero-order chi connectivity index (χ0) is 18.9. The van der Waals surface area contributed by atoms with Gasteiger partial charge in [-0.25, -0.2) is 9.37 Å². The van der Waals surface area contributed by atoms with Gasteiger partial charge in [-0.2, -0.15) is 0 Å². The lowest BCUT2D eigenvalue weighted by Crippen LogP contribution is -2.74. The van der Waals surface area contributed by atoms with Crippen molar-refractivity contribution < 1.29 is 13.9 Å². The van der Waals surface area contributed by atoms with E-state index in [1.807, 2.05) is 20.8 Å². The van der Waals surface area contributed by atoms with E-state index in [1.54, 1.807) is 24.4 Å². The molecule has 3 rings (SSSR count). The zero-order valence-corrected chi connectivity index (χ0v) is 16.0. The number of benzene rings is 1. The predicted octanol–water partition coefficient (Wildman–Crippen LogP) is 3.34. The number of halogens is 1. The minimum absolute atomic E-state index is 0.0313. The van der Waals surface area contributed by atoms with Gasteiger partial charge in [-0.15, -0.1) is 11.3 Å². The molecule has 26 heavy (non-hydrogen) atoms. The van der Waals surface area contributed by atoms with Crippen molar-refractivity contribution in [1.82, 2.24) is 4.98 Å². The van der Waals surface area contributed by atoms with E-state index in [1.165, 1.54) is 17.4 Å². The van der Waals surface area contributed by atoms with Crippen LogP contribution in [0.4, 0.5) is 9.52 Å². The molecule has 0 aliphatic heterocycles. The van der Waals surface area contributed by atoms with Crippen molar-refractivity contribution in [1.29, 1.82) is 0 Å². The number of carbonyl (C=O) groups is 1. The van der Waals surface area contributed by atoms with Gasteiger partial charge in [-0.05, 0) is 18.6 Å². The summed E-state index contributed by atoms with van der Waals surface area (Å²) in [7, 11) is 0. The van der Waals surface area contributed by atoms with Crippen LogP contribution in [0.2, 0.25) is 0 Å². The molecule has 0 radical (unpaired) electrons. The fourth-order valence-corrected chi connectivity index (χ4v) is 4.14. The fraction of sp³-hybridized carbons (Fsp3) is 0.474. The number of amides is 1. The van der Waals surface area contributed by atoms with Crippen molar-refractivity contribution in [2.45, 2.75) is 45.3 Å². The second-order valence-corrected chi connectivity index (χ2v) is 8.31. The number of nitrogens with one attached hydrogen (secondary N) is 1. The quantitative estimate of drug-likeness (QED) is 0.809. The van der Waals surface area contributed by atoms with Gasteiger partial charge in [0.2, 0.25) is 5.91 Å². The highest BCUT2D eigenvalue weighted by Gasteiger charge is 2.63. The van der Waals surface area contributed by atoms with E-state index in [-0.39, 0.29) is 17.8 Å². The Balaban J connectivity index is 1.66. The summed E-state index contributed by atoms with van der Waals surface area (Å²) in [5, 5.41) is 3.29. The number of carbonyl (C=O) groups excluding carboxylic acids is 1. The standard InChI is InChI=1S/C19H24FN3O2S/c1-4-25-15-10-19(21,18(15,2)3)16(24)23-17-22-11-13(26-17)9-12-7-5-6-8-14(12)20/h5-8,11,15H,4,9-10,21H2,1-3H3,(H,22,23,24). The molecule has 1 amide bonds. The van der Waals surface area contributed by atoms with Crippen LogP contribution < -0.4 is 11.1 Å². The van der Waals surface area contributed by atoms with Gasteiger partial charge in [-0.1, -0.05) is 32.0 Å². The van der Waals surface area contributed by atoms with Crippen molar-refractivity contribution in [3.8, 4) is 0 Å². The maximum atomic E-state index is 13.8. The Hall–Kier alpha value is -1.83. The number of hydrogen-bond acceptors (Lipinski definition) is 5. The van der Waals surface area contributed by atoms with Gasteiger partial charge in [0.15, 0.2) is 5.13 Å². The van der Waals surface area contributed by atoms with E-state index >= 15 is 0 Å². The SMILES string of the molecule is CCOC1CC(N)(C(=O)Nc2ncc(Cc3ccccc3F)s2)C1(C)C. The lowest BCUT2D eigenvalue weighted by atomic mass is 9.54. The Labute approximate surface area is 156 Å². The monoisotopic (exact) mass is 377 g/mol. The molecule has 1 aromatic carbocycles. The van der Waals surface area contributed by atoms with Gasteiger partial charge in [-0.3, -0.25) is 4.79 Å². The zero-order valence-electron chi connectivity index (χ0n) is 15.2. The Morgan fingerprint density at radius 2 is 2.19 bits per heavy atom. The third kappa shape index (κ3) is 3.26. The van der Waals surface area contributed by atoms with E-state index in [0.29, 0.717) is 30.1 Å². The molecular formula is C19H24FN3O2S. The molecule has 2 atom stereocenters. The highest BCUT2D eigenvalue weighted by molar-refractivity contribution is 7.15. The number of nitrogens with two attached hydrogens (primary N) is 1. The van der Waals surface area contributed by atoms with Gasteiger partial charge in [0.25, 0.3) is 0 Å². The number of anilines is 1. The van der Waals surface area contributed by atoms with Gasteiger partial charge in [0.05, 0.1) is 6.10 Å². The molecule has 5 nitrogen and oxygen atoms in total. The summed E-state index contributed by atoms with van der Waals surface area (Å²) in [4.78, 5) is 17.8. The third-order valence-corrected chi connectivity index (χ3v) is 6.24. The topological polar surface area (TPSA) is 77.2 Å². The fourth-order valence-electron chi connectivity index (χ4n) is 3.31. The summed E-state index contributed by atoms with van der Waals surface area (Å²) in [5.74, 6) is -0.504. The first-order valence-corrected chi connectivity index (χ1v) is 9.49. The first kappa shape index (κ1) is 18.9. The molecule has 0 bridgehead atoms. The lowest BCUT2D eigenvalue weighted by Gasteiger charge is -2.57. The second-order valence-electron chi connectivity index (χ2n) is 7.20. The highest BCUT2D eigenvalue weighted by Crippen LogP contribution is 2.50. The Bertz CT molecular complexity index is 808. The molecule has 1 saturated carbocycles. The number of thiazole rings is 1. The highest BCUT2D eigenvalue weighted by atomic mass is 32.1. The minimum atomic E-state index is -0.996. The molecule has 1 aliphatic rings. The summed E-state index contributed by atoms with van der Waals surface area (Å²) in [5.41, 5.74) is 5.53. The number of rotatable bonds is 6. The van der Waals surface area contributed by atoms with Crippen LogP contribution in [0.25, 0.3) is 0 Å². The first-order chi connectivity index (χ1) is 12.3. The Morgan fingerprint density at radius 3 is 2.85 bits per heavy atom. The summed E-state index contributed by atoms with van der Waals surface area (Å²) >= 11 is 1.33. The van der Waals surface area contributed by atoms with Gasteiger partial charge >= 0.3 is 0 Å². The largest absolute Gasteiger partial charge is 0.378 e. The number of aromatic nitrogens is 1. The van der Waals surface area contributed by atoms with Crippen LogP contribution in [0.1, 0.15) is 37.6 Å². The predicted molar refractivity (Wildman–Crippen MR) is 101 cm³/mol. The average Bonchev–Trinajstić information content (AvgIpc) is 3.03. The van der Waals surface area contributed by atoms with Crippen molar-refractivity contribution in [3.63, 3.8) is 0 Å². The molecule has 7 heteroatoms. The average molecular weight is 377 g/mol. The van der Waals surface area contributed by atoms with E-state index < -0.39 is 11.0 Å². The van der Waals surface area contributed by atoms with E-state index in [4.69, 9.17) is 10.5 Å². The van der Waals surface area contributed by atoms with Crippen LogP contribution in [0.15, 0.2) is 30.5 Å². The molecule has 1 aliphatic carbocycles. The van der Waals surface area contributed by atoms with Crippen molar-refractivity contribution in [3.05, 3.63) is 46.7 Å². The summed E-state index contributed by atoms with van der Waals surface area (Å²) in [6.07, 6.45) is 2.54. The number of ether oxygens (including phenoxy) is 1. The summed E-state index contributed by atoms with van der Waals surface area (Å²) in [6.45, 7) is 6.42. The minimum Gasteiger partial charge on any atom is -0.378 e. The molecule has 1 fully saturated rings. The number of hydrogen-bond donors (Lipinski definition) is 2. The second kappa shape index (κ2) is 7.06. The smallest absolute Gasteiger partial charge is 0.246 e. The van der Waals surface area contributed by atoms with Crippen LogP contribution in [0.3, 0.4) is 0 Å². The molecule has 1 heterocycles.